The van der Waals surface area contributed by atoms with E-state index in [0.29, 0.717) is 24.0 Å². The minimum absolute atomic E-state index is 0.0201. The first-order chi connectivity index (χ1) is 14.2. The van der Waals surface area contributed by atoms with Gasteiger partial charge in [-0.25, -0.2) is 9.97 Å². The molecular formula is C22H28N4O3. The molecule has 2 aliphatic rings. The van der Waals surface area contributed by atoms with E-state index < -0.39 is 0 Å². The molecule has 4 rings (SSSR count). The highest BCUT2D eigenvalue weighted by atomic mass is 16.5. The summed E-state index contributed by atoms with van der Waals surface area (Å²) < 4.78 is 10.8. The van der Waals surface area contributed by atoms with Gasteiger partial charge in [0.15, 0.2) is 11.5 Å². The maximum Gasteiger partial charge on any atom is 0.227 e. The van der Waals surface area contributed by atoms with Crippen molar-refractivity contribution < 1.29 is 14.3 Å². The SMILES string of the molecule is COc1ccc(C2CCCN2C(=O)C2CCCN(c3ncccn3)C2)cc1OC. The van der Waals surface area contributed by atoms with E-state index in [-0.39, 0.29) is 17.9 Å². The summed E-state index contributed by atoms with van der Waals surface area (Å²) >= 11 is 0. The van der Waals surface area contributed by atoms with Crippen molar-refractivity contribution in [3.63, 3.8) is 0 Å². The number of nitrogens with zero attached hydrogens (tertiary/aromatic N) is 4. The average Bonchev–Trinajstić information content (AvgIpc) is 3.28. The van der Waals surface area contributed by atoms with E-state index in [1.807, 2.05) is 24.3 Å². The number of rotatable bonds is 5. The molecule has 0 spiro atoms. The predicted octanol–water partition coefficient (Wildman–Crippen LogP) is 3.07. The number of benzene rings is 1. The quantitative estimate of drug-likeness (QED) is 0.774. The summed E-state index contributed by atoms with van der Waals surface area (Å²) in [7, 11) is 3.27. The molecule has 7 heteroatoms. The Labute approximate surface area is 171 Å². The molecule has 1 aromatic heterocycles. The first kappa shape index (κ1) is 19.5. The van der Waals surface area contributed by atoms with Gasteiger partial charge in [-0.2, -0.15) is 0 Å². The molecule has 2 aliphatic heterocycles. The fourth-order valence-corrected chi connectivity index (χ4v) is 4.49. The van der Waals surface area contributed by atoms with E-state index in [0.717, 1.165) is 44.3 Å². The minimum Gasteiger partial charge on any atom is -0.493 e. The number of piperidine rings is 1. The van der Waals surface area contributed by atoms with Crippen LogP contribution in [0.5, 0.6) is 11.5 Å². The Morgan fingerprint density at radius 3 is 2.55 bits per heavy atom. The molecule has 29 heavy (non-hydrogen) atoms. The van der Waals surface area contributed by atoms with Crippen LogP contribution in [0.2, 0.25) is 0 Å². The molecule has 2 aromatic rings. The lowest BCUT2D eigenvalue weighted by Gasteiger charge is -2.35. The van der Waals surface area contributed by atoms with Crippen LogP contribution in [0, 0.1) is 5.92 Å². The molecule has 2 unspecified atom stereocenters. The van der Waals surface area contributed by atoms with Crippen LogP contribution in [-0.2, 0) is 4.79 Å². The summed E-state index contributed by atoms with van der Waals surface area (Å²) in [6, 6.07) is 7.87. The normalized spacial score (nSPS) is 21.9. The van der Waals surface area contributed by atoms with Crippen molar-refractivity contribution in [2.24, 2.45) is 5.92 Å². The third kappa shape index (κ3) is 3.99. The number of amides is 1. The molecule has 3 heterocycles. The topological polar surface area (TPSA) is 67.8 Å². The maximum atomic E-state index is 13.4. The van der Waals surface area contributed by atoms with Crippen LogP contribution in [0.15, 0.2) is 36.7 Å². The number of methoxy groups -OCH3 is 2. The molecule has 0 bridgehead atoms. The Morgan fingerprint density at radius 2 is 1.79 bits per heavy atom. The molecule has 154 valence electrons. The van der Waals surface area contributed by atoms with Gasteiger partial charge in [-0.3, -0.25) is 4.79 Å². The van der Waals surface area contributed by atoms with Gasteiger partial charge in [0.05, 0.1) is 26.2 Å². The molecule has 0 N–H and O–H groups in total. The summed E-state index contributed by atoms with van der Waals surface area (Å²) in [5, 5.41) is 0. The monoisotopic (exact) mass is 396 g/mol. The van der Waals surface area contributed by atoms with Gasteiger partial charge in [0, 0.05) is 32.0 Å². The summed E-state index contributed by atoms with van der Waals surface area (Å²) in [6.07, 6.45) is 7.38. The number of carbonyl (C=O) groups is 1. The second-order valence-corrected chi connectivity index (χ2v) is 7.64. The Morgan fingerprint density at radius 1 is 1.03 bits per heavy atom. The van der Waals surface area contributed by atoms with Crippen molar-refractivity contribution in [1.82, 2.24) is 14.9 Å². The third-order valence-electron chi connectivity index (χ3n) is 5.93. The lowest BCUT2D eigenvalue weighted by atomic mass is 9.95. The van der Waals surface area contributed by atoms with Gasteiger partial charge >= 0.3 is 0 Å². The number of hydrogen-bond acceptors (Lipinski definition) is 6. The number of ether oxygens (including phenoxy) is 2. The first-order valence-electron chi connectivity index (χ1n) is 10.3. The number of likely N-dealkylation sites (tertiary alicyclic amines) is 1. The Balaban J connectivity index is 1.50. The summed E-state index contributed by atoms with van der Waals surface area (Å²) in [5.41, 5.74) is 1.10. The summed E-state index contributed by atoms with van der Waals surface area (Å²) in [6.45, 7) is 2.38. The Hall–Kier alpha value is -2.83. The molecule has 0 radical (unpaired) electrons. The van der Waals surface area contributed by atoms with Crippen molar-refractivity contribution in [3.8, 4) is 11.5 Å². The largest absolute Gasteiger partial charge is 0.493 e. The fourth-order valence-electron chi connectivity index (χ4n) is 4.49. The van der Waals surface area contributed by atoms with E-state index in [2.05, 4.69) is 19.8 Å². The zero-order chi connectivity index (χ0) is 20.2. The molecule has 7 nitrogen and oxygen atoms in total. The number of aromatic nitrogens is 2. The third-order valence-corrected chi connectivity index (χ3v) is 5.93. The molecule has 1 aromatic carbocycles. The van der Waals surface area contributed by atoms with Gasteiger partial charge < -0.3 is 19.3 Å². The van der Waals surface area contributed by atoms with Crippen LogP contribution in [0.25, 0.3) is 0 Å². The van der Waals surface area contributed by atoms with Crippen LogP contribution in [0.1, 0.15) is 37.3 Å². The van der Waals surface area contributed by atoms with Crippen molar-refractivity contribution in [2.75, 3.05) is 38.8 Å². The van der Waals surface area contributed by atoms with Gasteiger partial charge in [-0.1, -0.05) is 6.07 Å². The van der Waals surface area contributed by atoms with Gasteiger partial charge in [0.2, 0.25) is 11.9 Å². The predicted molar refractivity (Wildman–Crippen MR) is 110 cm³/mol. The Kier molecular flexibility index (Phi) is 5.83. The lowest BCUT2D eigenvalue weighted by molar-refractivity contribution is -0.136. The molecule has 0 aliphatic carbocycles. The standard InChI is InChI=1S/C22H28N4O3/c1-28-19-9-8-16(14-20(19)29-2)18-7-4-13-26(18)21(27)17-6-3-12-25(15-17)22-23-10-5-11-24-22/h5,8-11,14,17-18H,3-4,6-7,12-13,15H2,1-2H3. The molecule has 0 saturated carbocycles. The highest BCUT2D eigenvalue weighted by molar-refractivity contribution is 5.80. The van der Waals surface area contributed by atoms with E-state index in [4.69, 9.17) is 9.47 Å². The minimum atomic E-state index is -0.0201. The molecule has 2 atom stereocenters. The van der Waals surface area contributed by atoms with Crippen molar-refractivity contribution >= 4 is 11.9 Å². The van der Waals surface area contributed by atoms with Crippen LogP contribution in [-0.4, -0.2) is 54.6 Å². The highest BCUT2D eigenvalue weighted by Gasteiger charge is 2.36. The molecular weight excluding hydrogens is 368 g/mol. The molecule has 1 amide bonds. The van der Waals surface area contributed by atoms with Crippen molar-refractivity contribution in [3.05, 3.63) is 42.2 Å². The summed E-state index contributed by atoms with van der Waals surface area (Å²) in [4.78, 5) is 26.3. The van der Waals surface area contributed by atoms with Crippen LogP contribution in [0.3, 0.4) is 0 Å². The van der Waals surface area contributed by atoms with Gasteiger partial charge in [0.1, 0.15) is 0 Å². The van der Waals surface area contributed by atoms with Crippen molar-refractivity contribution in [2.45, 2.75) is 31.7 Å². The van der Waals surface area contributed by atoms with E-state index in [9.17, 15) is 4.79 Å². The maximum absolute atomic E-state index is 13.4. The fraction of sp³-hybridized carbons (Fsp3) is 0.500. The molecule has 2 fully saturated rings. The van der Waals surface area contributed by atoms with Gasteiger partial charge in [-0.15, -0.1) is 0 Å². The molecule has 2 saturated heterocycles. The highest BCUT2D eigenvalue weighted by Crippen LogP contribution is 2.38. The van der Waals surface area contributed by atoms with Crippen molar-refractivity contribution in [1.29, 1.82) is 0 Å². The smallest absolute Gasteiger partial charge is 0.227 e. The lowest BCUT2D eigenvalue weighted by Crippen LogP contribution is -2.45. The zero-order valence-electron chi connectivity index (χ0n) is 17.1. The Bertz CT molecular complexity index is 845. The average molecular weight is 396 g/mol. The van der Waals surface area contributed by atoms with E-state index >= 15 is 0 Å². The van der Waals surface area contributed by atoms with Crippen LogP contribution in [0.4, 0.5) is 5.95 Å². The van der Waals surface area contributed by atoms with Crippen LogP contribution < -0.4 is 14.4 Å². The van der Waals surface area contributed by atoms with Crippen LogP contribution >= 0.6 is 0 Å². The van der Waals surface area contributed by atoms with Gasteiger partial charge in [0.25, 0.3) is 0 Å². The van der Waals surface area contributed by atoms with E-state index in [1.54, 1.807) is 26.6 Å². The number of carbonyl (C=O) groups excluding carboxylic acids is 1. The van der Waals surface area contributed by atoms with Gasteiger partial charge in [-0.05, 0) is 49.4 Å². The number of hydrogen-bond donors (Lipinski definition) is 0. The number of anilines is 1. The summed E-state index contributed by atoms with van der Waals surface area (Å²) in [5.74, 6) is 2.34. The zero-order valence-corrected chi connectivity index (χ0v) is 17.1. The van der Waals surface area contributed by atoms with E-state index in [1.165, 1.54) is 0 Å². The first-order valence-corrected chi connectivity index (χ1v) is 10.3. The second-order valence-electron chi connectivity index (χ2n) is 7.64. The second kappa shape index (κ2) is 8.68.